The Kier molecular flexibility index (Phi) is 3.45. The molecule has 1 unspecified atom stereocenters. The van der Waals surface area contributed by atoms with E-state index in [9.17, 15) is 0 Å². The zero-order valence-corrected chi connectivity index (χ0v) is 10.9. The zero-order chi connectivity index (χ0) is 11.8. The molecule has 88 valence electrons. The molecular formula is C12H15Cl2NO. The third-order valence-corrected chi connectivity index (χ3v) is 3.30. The molecule has 1 aromatic carbocycles. The van der Waals surface area contributed by atoms with Crippen LogP contribution < -0.4 is 5.32 Å². The highest BCUT2D eigenvalue weighted by Crippen LogP contribution is 2.31. The SMILES string of the molecule is CC1(C)COC(c2cc(Cl)ccc2Cl)CN1. The highest BCUT2D eigenvalue weighted by atomic mass is 35.5. The van der Waals surface area contributed by atoms with Crippen LogP contribution in [0.1, 0.15) is 25.5 Å². The number of benzene rings is 1. The number of rotatable bonds is 1. The Morgan fingerprint density at radius 3 is 2.75 bits per heavy atom. The summed E-state index contributed by atoms with van der Waals surface area (Å²) < 4.78 is 5.81. The predicted octanol–water partition coefficient (Wildman–Crippen LogP) is 3.43. The van der Waals surface area contributed by atoms with Gasteiger partial charge in [-0.2, -0.15) is 0 Å². The molecule has 1 atom stereocenters. The van der Waals surface area contributed by atoms with Crippen molar-refractivity contribution in [2.24, 2.45) is 0 Å². The fraction of sp³-hybridized carbons (Fsp3) is 0.500. The van der Waals surface area contributed by atoms with E-state index in [0.29, 0.717) is 16.7 Å². The molecule has 0 amide bonds. The number of nitrogens with one attached hydrogen (secondary N) is 1. The van der Waals surface area contributed by atoms with Crippen LogP contribution in [0.3, 0.4) is 0 Å². The van der Waals surface area contributed by atoms with Crippen molar-refractivity contribution < 1.29 is 4.74 Å². The lowest BCUT2D eigenvalue weighted by molar-refractivity contribution is -0.0228. The number of halogens is 2. The molecule has 1 N–H and O–H groups in total. The molecular weight excluding hydrogens is 245 g/mol. The molecule has 0 radical (unpaired) electrons. The molecule has 0 aliphatic carbocycles. The monoisotopic (exact) mass is 259 g/mol. The minimum Gasteiger partial charge on any atom is -0.370 e. The molecule has 0 saturated carbocycles. The summed E-state index contributed by atoms with van der Waals surface area (Å²) in [5.74, 6) is 0. The molecule has 2 rings (SSSR count). The van der Waals surface area contributed by atoms with Crippen molar-refractivity contribution in [3.8, 4) is 0 Å². The second-order valence-corrected chi connectivity index (χ2v) is 5.57. The summed E-state index contributed by atoms with van der Waals surface area (Å²) >= 11 is 12.1. The highest BCUT2D eigenvalue weighted by Gasteiger charge is 2.28. The molecule has 1 saturated heterocycles. The van der Waals surface area contributed by atoms with E-state index in [0.717, 1.165) is 12.1 Å². The number of hydrogen-bond acceptors (Lipinski definition) is 2. The van der Waals surface area contributed by atoms with Crippen LogP contribution in [-0.2, 0) is 4.74 Å². The minimum absolute atomic E-state index is 0.0146. The van der Waals surface area contributed by atoms with E-state index in [2.05, 4.69) is 19.2 Å². The Bertz CT molecular complexity index is 383. The lowest BCUT2D eigenvalue weighted by Gasteiger charge is -2.36. The average Bonchev–Trinajstić information content (AvgIpc) is 2.22. The van der Waals surface area contributed by atoms with E-state index < -0.39 is 0 Å². The maximum atomic E-state index is 6.13. The lowest BCUT2D eigenvalue weighted by Crippen LogP contribution is -2.50. The van der Waals surface area contributed by atoms with Gasteiger partial charge in [-0.25, -0.2) is 0 Å². The summed E-state index contributed by atoms with van der Waals surface area (Å²) in [6, 6.07) is 5.46. The second kappa shape index (κ2) is 4.53. The Labute approximate surface area is 106 Å². The third kappa shape index (κ3) is 2.69. The standard InChI is InChI=1S/C12H15Cl2NO/c1-12(2)7-16-11(6-15-12)9-5-8(13)3-4-10(9)14/h3-5,11,15H,6-7H2,1-2H3. The molecule has 16 heavy (non-hydrogen) atoms. The molecule has 0 aromatic heterocycles. The van der Waals surface area contributed by atoms with Gasteiger partial charge in [0.25, 0.3) is 0 Å². The van der Waals surface area contributed by atoms with E-state index in [1.165, 1.54) is 0 Å². The summed E-state index contributed by atoms with van der Waals surface area (Å²) in [6.07, 6.45) is -0.0146. The summed E-state index contributed by atoms with van der Waals surface area (Å²) in [5, 5.41) is 4.82. The van der Waals surface area contributed by atoms with Crippen molar-refractivity contribution in [1.29, 1.82) is 0 Å². The predicted molar refractivity (Wildman–Crippen MR) is 67.2 cm³/mol. The van der Waals surface area contributed by atoms with Gasteiger partial charge in [0.2, 0.25) is 0 Å². The molecule has 1 heterocycles. The van der Waals surface area contributed by atoms with Crippen molar-refractivity contribution in [3.63, 3.8) is 0 Å². The molecule has 0 bridgehead atoms. The maximum Gasteiger partial charge on any atom is 0.0965 e. The lowest BCUT2D eigenvalue weighted by atomic mass is 10.0. The van der Waals surface area contributed by atoms with Crippen LogP contribution >= 0.6 is 23.2 Å². The summed E-state index contributed by atoms with van der Waals surface area (Å²) in [4.78, 5) is 0. The van der Waals surface area contributed by atoms with Gasteiger partial charge >= 0.3 is 0 Å². The molecule has 1 aliphatic rings. The summed E-state index contributed by atoms with van der Waals surface area (Å²) in [6.45, 7) is 5.65. The second-order valence-electron chi connectivity index (χ2n) is 4.73. The number of ether oxygens (including phenoxy) is 1. The van der Waals surface area contributed by atoms with Crippen molar-refractivity contribution in [2.75, 3.05) is 13.2 Å². The van der Waals surface area contributed by atoms with Gasteiger partial charge in [-0.15, -0.1) is 0 Å². The molecule has 0 spiro atoms. The smallest absolute Gasteiger partial charge is 0.0965 e. The van der Waals surface area contributed by atoms with Gasteiger partial charge in [0.15, 0.2) is 0 Å². The van der Waals surface area contributed by atoms with E-state index in [-0.39, 0.29) is 11.6 Å². The largest absolute Gasteiger partial charge is 0.370 e. The van der Waals surface area contributed by atoms with Crippen molar-refractivity contribution in [2.45, 2.75) is 25.5 Å². The summed E-state index contributed by atoms with van der Waals surface area (Å²) in [7, 11) is 0. The first kappa shape index (κ1) is 12.2. The minimum atomic E-state index is -0.0146. The number of morpholine rings is 1. The summed E-state index contributed by atoms with van der Waals surface area (Å²) in [5.41, 5.74) is 0.985. The van der Waals surface area contributed by atoms with Gasteiger partial charge < -0.3 is 10.1 Å². The van der Waals surface area contributed by atoms with Gasteiger partial charge in [-0.3, -0.25) is 0 Å². The quantitative estimate of drug-likeness (QED) is 0.835. The molecule has 1 aliphatic heterocycles. The Morgan fingerprint density at radius 2 is 2.12 bits per heavy atom. The Morgan fingerprint density at radius 1 is 1.38 bits per heavy atom. The van der Waals surface area contributed by atoms with Gasteiger partial charge in [0.1, 0.15) is 0 Å². The van der Waals surface area contributed by atoms with Crippen molar-refractivity contribution >= 4 is 23.2 Å². The zero-order valence-electron chi connectivity index (χ0n) is 9.39. The van der Waals surface area contributed by atoms with Crippen LogP contribution in [0.4, 0.5) is 0 Å². The average molecular weight is 260 g/mol. The maximum absolute atomic E-state index is 6.13. The van der Waals surface area contributed by atoms with Gasteiger partial charge in [-0.05, 0) is 32.0 Å². The fourth-order valence-electron chi connectivity index (χ4n) is 1.75. The molecule has 4 heteroatoms. The first-order valence-corrected chi connectivity index (χ1v) is 6.05. The highest BCUT2D eigenvalue weighted by molar-refractivity contribution is 6.33. The Balaban J connectivity index is 2.17. The van der Waals surface area contributed by atoms with Crippen molar-refractivity contribution in [1.82, 2.24) is 5.32 Å². The van der Waals surface area contributed by atoms with Crippen LogP contribution in [0.5, 0.6) is 0 Å². The van der Waals surface area contributed by atoms with Crippen molar-refractivity contribution in [3.05, 3.63) is 33.8 Å². The molecule has 1 aromatic rings. The van der Waals surface area contributed by atoms with Gasteiger partial charge in [0.05, 0.1) is 12.7 Å². The Hall–Kier alpha value is -0.280. The van der Waals surface area contributed by atoms with E-state index in [4.69, 9.17) is 27.9 Å². The van der Waals surface area contributed by atoms with Gasteiger partial charge in [-0.1, -0.05) is 23.2 Å². The van der Waals surface area contributed by atoms with Gasteiger partial charge in [0, 0.05) is 27.7 Å². The van der Waals surface area contributed by atoms with Crippen LogP contribution in [-0.4, -0.2) is 18.7 Å². The molecule has 2 nitrogen and oxygen atoms in total. The normalized spacial score (nSPS) is 24.4. The van der Waals surface area contributed by atoms with Crippen LogP contribution in [0.2, 0.25) is 10.0 Å². The molecule has 1 fully saturated rings. The fourth-order valence-corrected chi connectivity index (χ4v) is 2.17. The van der Waals surface area contributed by atoms with E-state index in [1.807, 2.05) is 12.1 Å². The first-order chi connectivity index (χ1) is 7.48. The van der Waals surface area contributed by atoms with Crippen LogP contribution in [0.25, 0.3) is 0 Å². The third-order valence-electron chi connectivity index (χ3n) is 2.72. The van der Waals surface area contributed by atoms with Crippen LogP contribution in [0, 0.1) is 0 Å². The number of hydrogen-bond donors (Lipinski definition) is 1. The van der Waals surface area contributed by atoms with Crippen LogP contribution in [0.15, 0.2) is 18.2 Å². The van der Waals surface area contributed by atoms with E-state index in [1.54, 1.807) is 6.07 Å². The van der Waals surface area contributed by atoms with E-state index >= 15 is 0 Å². The topological polar surface area (TPSA) is 21.3 Å². The first-order valence-electron chi connectivity index (χ1n) is 5.29.